The molecule has 2 N–H and O–H groups in total. The summed E-state index contributed by atoms with van der Waals surface area (Å²) in [7, 11) is 0. The number of hydrogen-bond acceptors (Lipinski definition) is 1. The lowest BCUT2D eigenvalue weighted by Crippen LogP contribution is -2.05. The number of rotatable bonds is 3. The topological polar surface area (TPSA) is 26.0 Å². The molecule has 15 heavy (non-hydrogen) atoms. The first-order valence-corrected chi connectivity index (χ1v) is 5.38. The first kappa shape index (κ1) is 12.8. The Morgan fingerprint density at radius 2 is 1.73 bits per heavy atom. The fourth-order valence-electron chi connectivity index (χ4n) is 1.15. The van der Waals surface area contributed by atoms with Gasteiger partial charge in [-0.05, 0) is 35.3 Å². The zero-order chi connectivity index (χ0) is 11.6. The molecule has 1 rings (SSSR count). The van der Waals surface area contributed by atoms with Crippen LogP contribution in [0.1, 0.15) is 12.0 Å². The average molecular weight is 303 g/mol. The van der Waals surface area contributed by atoms with Crippen LogP contribution < -0.4 is 5.73 Å². The normalized spacial score (nSPS) is 10.8. The van der Waals surface area contributed by atoms with E-state index < -0.39 is 22.5 Å². The number of nitrogens with two attached hydrogens (primary N) is 1. The zero-order valence-electron chi connectivity index (χ0n) is 7.59. The standard InChI is InChI=1S/C9H8BrClF3N/c10-5-4(2-1-3-15)7(12)9(14)6(11)8(5)13/h1-3,15H2. The molecule has 0 spiro atoms. The molecule has 0 saturated carbocycles. The van der Waals surface area contributed by atoms with Gasteiger partial charge in [-0.15, -0.1) is 0 Å². The molecule has 0 aliphatic rings. The van der Waals surface area contributed by atoms with Gasteiger partial charge in [0, 0.05) is 5.56 Å². The molecular weight excluding hydrogens is 294 g/mol. The van der Waals surface area contributed by atoms with E-state index in [1.165, 1.54) is 0 Å². The first-order valence-electron chi connectivity index (χ1n) is 4.21. The van der Waals surface area contributed by atoms with Crippen molar-refractivity contribution in [2.24, 2.45) is 5.73 Å². The van der Waals surface area contributed by atoms with E-state index in [1.54, 1.807) is 0 Å². The Labute approximate surface area is 98.5 Å². The Morgan fingerprint density at radius 3 is 2.27 bits per heavy atom. The quantitative estimate of drug-likeness (QED) is 0.672. The van der Waals surface area contributed by atoms with E-state index in [1.807, 2.05) is 0 Å². The maximum absolute atomic E-state index is 13.3. The van der Waals surface area contributed by atoms with Crippen molar-refractivity contribution in [2.45, 2.75) is 12.8 Å². The number of hydrogen-bond donors (Lipinski definition) is 1. The van der Waals surface area contributed by atoms with Crippen LogP contribution in [0.25, 0.3) is 0 Å². The maximum Gasteiger partial charge on any atom is 0.180 e. The van der Waals surface area contributed by atoms with Crippen molar-refractivity contribution >= 4 is 27.5 Å². The lowest BCUT2D eigenvalue weighted by atomic mass is 10.1. The van der Waals surface area contributed by atoms with E-state index in [4.69, 9.17) is 17.3 Å². The Morgan fingerprint density at radius 1 is 1.13 bits per heavy atom. The molecule has 0 bridgehead atoms. The van der Waals surface area contributed by atoms with Gasteiger partial charge >= 0.3 is 0 Å². The number of benzene rings is 1. The van der Waals surface area contributed by atoms with Crippen molar-refractivity contribution in [1.29, 1.82) is 0 Å². The predicted octanol–water partition coefficient (Wildman–Crippen LogP) is 3.41. The van der Waals surface area contributed by atoms with Gasteiger partial charge in [0.05, 0.1) is 4.47 Å². The minimum Gasteiger partial charge on any atom is -0.330 e. The van der Waals surface area contributed by atoms with E-state index >= 15 is 0 Å². The van der Waals surface area contributed by atoms with Crippen LogP contribution in [0, 0.1) is 17.5 Å². The smallest absolute Gasteiger partial charge is 0.180 e. The van der Waals surface area contributed by atoms with Crippen LogP contribution in [-0.2, 0) is 6.42 Å². The lowest BCUT2D eigenvalue weighted by Gasteiger charge is -2.09. The van der Waals surface area contributed by atoms with E-state index in [-0.39, 0.29) is 16.5 Å². The fraction of sp³-hybridized carbons (Fsp3) is 0.333. The lowest BCUT2D eigenvalue weighted by molar-refractivity contribution is 0.481. The molecular formula is C9H8BrClF3N. The molecule has 0 atom stereocenters. The third-order valence-corrected chi connectivity index (χ3v) is 3.09. The molecule has 1 aromatic carbocycles. The van der Waals surface area contributed by atoms with Gasteiger partial charge in [-0.1, -0.05) is 11.6 Å². The van der Waals surface area contributed by atoms with Crippen LogP contribution >= 0.6 is 27.5 Å². The van der Waals surface area contributed by atoms with Gasteiger partial charge in [0.25, 0.3) is 0 Å². The molecule has 0 unspecified atom stereocenters. The van der Waals surface area contributed by atoms with Crippen LogP contribution in [0.3, 0.4) is 0 Å². The molecule has 0 saturated heterocycles. The SMILES string of the molecule is NCCCc1c(F)c(F)c(Cl)c(F)c1Br. The van der Waals surface area contributed by atoms with Gasteiger partial charge in [0.1, 0.15) is 5.02 Å². The second-order valence-electron chi connectivity index (χ2n) is 2.94. The van der Waals surface area contributed by atoms with Crippen molar-refractivity contribution in [3.63, 3.8) is 0 Å². The van der Waals surface area contributed by atoms with Gasteiger partial charge < -0.3 is 5.73 Å². The molecule has 0 aliphatic carbocycles. The van der Waals surface area contributed by atoms with E-state index in [0.29, 0.717) is 13.0 Å². The third kappa shape index (κ3) is 2.46. The summed E-state index contributed by atoms with van der Waals surface area (Å²) in [5.41, 5.74) is 5.16. The molecule has 1 aromatic rings. The summed E-state index contributed by atoms with van der Waals surface area (Å²) in [4.78, 5) is 0. The molecule has 6 heteroatoms. The highest BCUT2D eigenvalue weighted by Crippen LogP contribution is 2.32. The van der Waals surface area contributed by atoms with Crippen LogP contribution in [-0.4, -0.2) is 6.54 Å². The molecule has 0 fully saturated rings. The van der Waals surface area contributed by atoms with Gasteiger partial charge in [0.15, 0.2) is 17.5 Å². The summed E-state index contributed by atoms with van der Waals surface area (Å²) < 4.78 is 39.5. The summed E-state index contributed by atoms with van der Waals surface area (Å²) in [6, 6.07) is 0. The second kappa shape index (κ2) is 5.18. The van der Waals surface area contributed by atoms with Crippen LogP contribution in [0.4, 0.5) is 13.2 Å². The molecule has 0 amide bonds. The maximum atomic E-state index is 13.3. The molecule has 0 radical (unpaired) electrons. The summed E-state index contributed by atoms with van der Waals surface area (Å²) in [5.74, 6) is -3.46. The summed E-state index contributed by atoms with van der Waals surface area (Å²) >= 11 is 8.09. The van der Waals surface area contributed by atoms with Crippen LogP contribution in [0.5, 0.6) is 0 Å². The van der Waals surface area contributed by atoms with Crippen molar-refractivity contribution in [1.82, 2.24) is 0 Å². The molecule has 0 aromatic heterocycles. The summed E-state index contributed by atoms with van der Waals surface area (Å²) in [6.07, 6.45) is 0.601. The van der Waals surface area contributed by atoms with E-state index in [9.17, 15) is 13.2 Å². The minimum atomic E-state index is -1.36. The predicted molar refractivity (Wildman–Crippen MR) is 56.4 cm³/mol. The van der Waals surface area contributed by atoms with E-state index in [0.717, 1.165) is 0 Å². The Kier molecular flexibility index (Phi) is 4.43. The molecule has 1 nitrogen and oxygen atoms in total. The van der Waals surface area contributed by atoms with Gasteiger partial charge in [-0.2, -0.15) is 0 Å². The average Bonchev–Trinajstić information content (AvgIpc) is 2.24. The Hall–Kier alpha value is -0.260. The summed E-state index contributed by atoms with van der Waals surface area (Å²) in [6.45, 7) is 0.317. The Bertz CT molecular complexity index is 355. The molecule has 0 heterocycles. The van der Waals surface area contributed by atoms with Gasteiger partial charge in [-0.3, -0.25) is 0 Å². The Balaban J connectivity index is 3.26. The highest BCUT2D eigenvalue weighted by Gasteiger charge is 2.21. The van der Waals surface area contributed by atoms with Crippen LogP contribution in [0.2, 0.25) is 5.02 Å². The zero-order valence-corrected chi connectivity index (χ0v) is 9.93. The van der Waals surface area contributed by atoms with Gasteiger partial charge in [0.2, 0.25) is 0 Å². The van der Waals surface area contributed by atoms with Crippen molar-refractivity contribution < 1.29 is 13.2 Å². The van der Waals surface area contributed by atoms with Crippen molar-refractivity contribution in [3.8, 4) is 0 Å². The third-order valence-electron chi connectivity index (χ3n) is 1.93. The van der Waals surface area contributed by atoms with Crippen molar-refractivity contribution in [3.05, 3.63) is 32.5 Å². The minimum absolute atomic E-state index is 0.0696. The highest BCUT2D eigenvalue weighted by molar-refractivity contribution is 9.10. The summed E-state index contributed by atoms with van der Waals surface area (Å²) in [5, 5.41) is -0.837. The van der Waals surface area contributed by atoms with Crippen molar-refractivity contribution in [2.75, 3.05) is 6.54 Å². The monoisotopic (exact) mass is 301 g/mol. The van der Waals surface area contributed by atoms with Gasteiger partial charge in [-0.25, -0.2) is 13.2 Å². The van der Waals surface area contributed by atoms with E-state index in [2.05, 4.69) is 15.9 Å². The fourth-order valence-corrected chi connectivity index (χ4v) is 2.01. The molecule has 84 valence electrons. The second-order valence-corrected chi connectivity index (χ2v) is 4.11. The molecule has 0 aliphatic heterocycles. The highest BCUT2D eigenvalue weighted by atomic mass is 79.9. The number of halogens is 5. The first-order chi connectivity index (χ1) is 7.00. The van der Waals surface area contributed by atoms with Crippen LogP contribution in [0.15, 0.2) is 4.47 Å². The largest absolute Gasteiger partial charge is 0.330 e.